The standard InChI is InChI=1S/C18H25NO4/c1-18(2,3)23-17(21)19-12-14(13-8-6-5-7-9-13)10-15(19)11-16(20)22-4/h5-9,14-15H,10-12H2,1-4H3/t14-,15+/m0/s1. The second kappa shape index (κ2) is 7.02. The number of methoxy groups -OCH3 is 1. The van der Waals surface area contributed by atoms with Crippen molar-refractivity contribution in [3.8, 4) is 0 Å². The fourth-order valence-electron chi connectivity index (χ4n) is 2.90. The SMILES string of the molecule is COC(=O)C[C@H]1C[C@H](c2ccccc2)CN1C(=O)OC(C)(C)C. The van der Waals surface area contributed by atoms with Crippen LogP contribution in [0.4, 0.5) is 4.79 Å². The molecule has 1 fully saturated rings. The predicted molar refractivity (Wildman–Crippen MR) is 87.2 cm³/mol. The maximum absolute atomic E-state index is 12.5. The number of likely N-dealkylation sites (tertiary alicyclic amines) is 1. The van der Waals surface area contributed by atoms with Crippen LogP contribution in [-0.2, 0) is 14.3 Å². The lowest BCUT2D eigenvalue weighted by molar-refractivity contribution is -0.141. The van der Waals surface area contributed by atoms with Crippen molar-refractivity contribution in [2.45, 2.75) is 51.2 Å². The maximum atomic E-state index is 12.5. The molecule has 0 saturated carbocycles. The molecule has 2 atom stereocenters. The molecule has 0 bridgehead atoms. The van der Waals surface area contributed by atoms with Crippen LogP contribution in [0.3, 0.4) is 0 Å². The largest absolute Gasteiger partial charge is 0.469 e. The summed E-state index contributed by atoms with van der Waals surface area (Å²) in [7, 11) is 1.36. The predicted octanol–water partition coefficient (Wildman–Crippen LogP) is 3.34. The average Bonchev–Trinajstić information content (AvgIpc) is 2.90. The van der Waals surface area contributed by atoms with Crippen molar-refractivity contribution in [2.75, 3.05) is 13.7 Å². The Labute approximate surface area is 137 Å². The lowest BCUT2D eigenvalue weighted by atomic mass is 9.95. The maximum Gasteiger partial charge on any atom is 0.410 e. The highest BCUT2D eigenvalue weighted by molar-refractivity contribution is 5.73. The number of hydrogen-bond donors (Lipinski definition) is 0. The highest BCUT2D eigenvalue weighted by Gasteiger charge is 2.39. The van der Waals surface area contributed by atoms with Crippen LogP contribution in [-0.4, -0.2) is 42.3 Å². The van der Waals surface area contributed by atoms with E-state index in [1.165, 1.54) is 12.7 Å². The van der Waals surface area contributed by atoms with E-state index >= 15 is 0 Å². The monoisotopic (exact) mass is 319 g/mol. The van der Waals surface area contributed by atoms with E-state index < -0.39 is 5.60 Å². The van der Waals surface area contributed by atoms with E-state index in [0.29, 0.717) is 6.54 Å². The Bertz CT molecular complexity index is 550. The van der Waals surface area contributed by atoms with Crippen LogP contribution in [0, 0.1) is 0 Å². The summed E-state index contributed by atoms with van der Waals surface area (Å²) in [4.78, 5) is 25.8. The molecule has 126 valence electrons. The molecule has 1 aliphatic heterocycles. The first-order valence-corrected chi connectivity index (χ1v) is 7.91. The number of ether oxygens (including phenoxy) is 2. The van der Waals surface area contributed by atoms with Gasteiger partial charge in [0.2, 0.25) is 0 Å². The highest BCUT2D eigenvalue weighted by atomic mass is 16.6. The third kappa shape index (κ3) is 4.71. The second-order valence-corrected chi connectivity index (χ2v) is 6.91. The molecular weight excluding hydrogens is 294 g/mol. The topological polar surface area (TPSA) is 55.8 Å². The number of amides is 1. The van der Waals surface area contributed by atoms with Gasteiger partial charge < -0.3 is 14.4 Å². The van der Waals surface area contributed by atoms with Crippen molar-refractivity contribution in [3.63, 3.8) is 0 Å². The number of carbonyl (C=O) groups excluding carboxylic acids is 2. The van der Waals surface area contributed by atoms with Gasteiger partial charge in [-0.15, -0.1) is 0 Å². The minimum Gasteiger partial charge on any atom is -0.469 e. The molecule has 0 aliphatic carbocycles. The first-order valence-electron chi connectivity index (χ1n) is 7.91. The summed E-state index contributed by atoms with van der Waals surface area (Å²) < 4.78 is 10.3. The second-order valence-electron chi connectivity index (χ2n) is 6.91. The van der Waals surface area contributed by atoms with Crippen molar-refractivity contribution in [1.82, 2.24) is 4.90 Å². The van der Waals surface area contributed by atoms with E-state index in [2.05, 4.69) is 12.1 Å². The van der Waals surface area contributed by atoms with E-state index in [1.54, 1.807) is 4.90 Å². The van der Waals surface area contributed by atoms with Gasteiger partial charge in [0.25, 0.3) is 0 Å². The van der Waals surface area contributed by atoms with Gasteiger partial charge in [-0.2, -0.15) is 0 Å². The number of carbonyl (C=O) groups is 2. The summed E-state index contributed by atoms with van der Waals surface area (Å²) >= 11 is 0. The van der Waals surface area contributed by atoms with Crippen LogP contribution in [0.25, 0.3) is 0 Å². The van der Waals surface area contributed by atoms with Gasteiger partial charge in [-0.25, -0.2) is 4.79 Å². The van der Waals surface area contributed by atoms with Gasteiger partial charge in [-0.1, -0.05) is 30.3 Å². The smallest absolute Gasteiger partial charge is 0.410 e. The van der Waals surface area contributed by atoms with Crippen molar-refractivity contribution in [2.24, 2.45) is 0 Å². The number of esters is 1. The zero-order valence-corrected chi connectivity index (χ0v) is 14.2. The van der Waals surface area contributed by atoms with Crippen LogP contribution in [0.1, 0.15) is 45.1 Å². The first-order chi connectivity index (χ1) is 10.8. The number of nitrogens with zero attached hydrogens (tertiary/aromatic N) is 1. The van der Waals surface area contributed by atoms with E-state index in [1.807, 2.05) is 39.0 Å². The van der Waals surface area contributed by atoms with Crippen LogP contribution in [0.15, 0.2) is 30.3 Å². The van der Waals surface area contributed by atoms with E-state index in [0.717, 1.165) is 6.42 Å². The Kier molecular flexibility index (Phi) is 5.29. The molecule has 0 N–H and O–H groups in total. The Morgan fingerprint density at radius 3 is 2.43 bits per heavy atom. The highest BCUT2D eigenvalue weighted by Crippen LogP contribution is 2.34. The van der Waals surface area contributed by atoms with Crippen molar-refractivity contribution >= 4 is 12.1 Å². The molecule has 1 saturated heterocycles. The van der Waals surface area contributed by atoms with Crippen LogP contribution in [0.5, 0.6) is 0 Å². The Hall–Kier alpha value is -2.04. The Morgan fingerprint density at radius 2 is 1.87 bits per heavy atom. The lowest BCUT2D eigenvalue weighted by Gasteiger charge is -2.28. The molecule has 23 heavy (non-hydrogen) atoms. The summed E-state index contributed by atoms with van der Waals surface area (Å²) in [6, 6.07) is 9.86. The lowest BCUT2D eigenvalue weighted by Crippen LogP contribution is -2.40. The third-order valence-corrected chi connectivity index (χ3v) is 3.94. The van der Waals surface area contributed by atoms with Crippen molar-refractivity contribution in [1.29, 1.82) is 0 Å². The van der Waals surface area contributed by atoms with Gasteiger partial charge in [0.1, 0.15) is 5.60 Å². The fraction of sp³-hybridized carbons (Fsp3) is 0.556. The summed E-state index contributed by atoms with van der Waals surface area (Å²) in [5.41, 5.74) is 0.617. The van der Waals surface area contributed by atoms with Crippen LogP contribution >= 0.6 is 0 Å². The van der Waals surface area contributed by atoms with E-state index in [9.17, 15) is 9.59 Å². The molecule has 1 aromatic carbocycles. The van der Waals surface area contributed by atoms with Crippen molar-refractivity contribution < 1.29 is 19.1 Å². The zero-order chi connectivity index (χ0) is 17.0. The van der Waals surface area contributed by atoms with Gasteiger partial charge in [0.15, 0.2) is 0 Å². The Balaban J connectivity index is 2.15. The summed E-state index contributed by atoms with van der Waals surface area (Å²) in [5.74, 6) is -0.101. The van der Waals surface area contributed by atoms with Crippen LogP contribution < -0.4 is 0 Å². The van der Waals surface area contributed by atoms with Gasteiger partial charge in [-0.3, -0.25) is 4.79 Å². The van der Waals surface area contributed by atoms with E-state index in [-0.39, 0.29) is 30.4 Å². The molecule has 1 amide bonds. The summed E-state index contributed by atoms with van der Waals surface area (Å²) in [6.07, 6.45) is 0.557. The number of benzene rings is 1. The Morgan fingerprint density at radius 1 is 1.22 bits per heavy atom. The molecule has 5 nitrogen and oxygen atoms in total. The molecule has 0 spiro atoms. The number of hydrogen-bond acceptors (Lipinski definition) is 4. The molecule has 1 aromatic rings. The minimum atomic E-state index is -0.558. The fourth-order valence-corrected chi connectivity index (χ4v) is 2.90. The summed E-state index contributed by atoms with van der Waals surface area (Å²) in [6.45, 7) is 6.07. The molecule has 1 heterocycles. The molecule has 0 unspecified atom stereocenters. The molecule has 0 radical (unpaired) electrons. The summed E-state index contributed by atoms with van der Waals surface area (Å²) in [5, 5.41) is 0. The zero-order valence-electron chi connectivity index (χ0n) is 14.2. The molecule has 5 heteroatoms. The van der Waals surface area contributed by atoms with E-state index in [4.69, 9.17) is 9.47 Å². The molecular formula is C18H25NO4. The van der Waals surface area contributed by atoms with Gasteiger partial charge in [0.05, 0.1) is 13.5 Å². The molecule has 2 rings (SSSR count). The van der Waals surface area contributed by atoms with Crippen LogP contribution in [0.2, 0.25) is 0 Å². The quantitative estimate of drug-likeness (QED) is 0.802. The van der Waals surface area contributed by atoms with Gasteiger partial charge >= 0.3 is 12.1 Å². The van der Waals surface area contributed by atoms with Crippen molar-refractivity contribution in [3.05, 3.63) is 35.9 Å². The normalized spacial score (nSPS) is 21.1. The van der Waals surface area contributed by atoms with Gasteiger partial charge in [-0.05, 0) is 32.8 Å². The first kappa shape index (κ1) is 17.3. The molecule has 0 aromatic heterocycles. The molecule has 1 aliphatic rings. The average molecular weight is 319 g/mol. The minimum absolute atomic E-state index is 0.192. The third-order valence-electron chi connectivity index (χ3n) is 3.94. The number of rotatable bonds is 3. The van der Waals surface area contributed by atoms with Gasteiger partial charge in [0, 0.05) is 18.5 Å².